The van der Waals surface area contributed by atoms with Crippen LogP contribution in [-0.2, 0) is 6.42 Å². The second kappa shape index (κ2) is 6.81. The number of fused-ring (bicyclic) bond motifs is 6. The first kappa shape index (κ1) is 17.4. The largest absolute Gasteiger partial charge is 0.358 e. The molecule has 2 aliphatic carbocycles. The average Bonchev–Trinajstić information content (AvgIpc) is 3.32. The first-order chi connectivity index (χ1) is 14.3. The molecule has 29 heavy (non-hydrogen) atoms. The van der Waals surface area contributed by atoms with Crippen molar-refractivity contribution in [1.29, 1.82) is 0 Å². The number of para-hydroxylation sites is 1. The van der Waals surface area contributed by atoms with Crippen molar-refractivity contribution in [3.8, 4) is 0 Å². The molecule has 2 unspecified atom stereocenters. The summed E-state index contributed by atoms with van der Waals surface area (Å²) in [5.41, 5.74) is 10.1. The summed E-state index contributed by atoms with van der Waals surface area (Å²) in [6.07, 6.45) is 14.2. The van der Waals surface area contributed by atoms with Gasteiger partial charge in [-0.3, -0.25) is 0 Å². The first-order valence-electron chi connectivity index (χ1n) is 10.8. The summed E-state index contributed by atoms with van der Waals surface area (Å²) >= 11 is 2.11. The Morgan fingerprint density at radius 3 is 2.93 bits per heavy atom. The van der Waals surface area contributed by atoms with Crippen molar-refractivity contribution < 1.29 is 0 Å². The van der Waals surface area contributed by atoms with E-state index in [-0.39, 0.29) is 0 Å². The van der Waals surface area contributed by atoms with Crippen molar-refractivity contribution in [3.63, 3.8) is 0 Å². The van der Waals surface area contributed by atoms with E-state index in [4.69, 9.17) is 0 Å². The van der Waals surface area contributed by atoms with E-state index >= 15 is 0 Å². The lowest BCUT2D eigenvalue weighted by molar-refractivity contribution is 0.774. The lowest BCUT2D eigenvalue weighted by Crippen LogP contribution is -2.13. The van der Waals surface area contributed by atoms with Crippen molar-refractivity contribution in [2.45, 2.75) is 48.7 Å². The van der Waals surface area contributed by atoms with Crippen LogP contribution in [0.3, 0.4) is 0 Å². The Kier molecular flexibility index (Phi) is 4.09. The fourth-order valence-corrected chi connectivity index (χ4v) is 6.94. The van der Waals surface area contributed by atoms with Crippen LogP contribution in [0.2, 0.25) is 0 Å². The first-order valence-corrected chi connectivity index (χ1v) is 11.7. The maximum atomic E-state index is 3.63. The van der Waals surface area contributed by atoms with E-state index in [1.54, 1.807) is 5.57 Å². The highest BCUT2D eigenvalue weighted by Gasteiger charge is 2.36. The molecule has 2 aromatic carbocycles. The quantitative estimate of drug-likeness (QED) is 0.485. The van der Waals surface area contributed by atoms with Crippen LogP contribution in [0.25, 0.3) is 22.6 Å². The Bertz CT molecular complexity index is 1210. The minimum Gasteiger partial charge on any atom is -0.358 e. The minimum absolute atomic E-state index is 0.536. The summed E-state index contributed by atoms with van der Waals surface area (Å²) in [6.45, 7) is 2.29. The molecule has 2 atom stereocenters. The normalized spacial score (nSPS) is 22.1. The third-order valence-corrected chi connectivity index (χ3v) is 8.19. The molecule has 1 aromatic heterocycles. The van der Waals surface area contributed by atoms with Gasteiger partial charge in [0.25, 0.3) is 0 Å². The molecular weight excluding hydrogens is 370 g/mol. The molecule has 0 bridgehead atoms. The van der Waals surface area contributed by atoms with Crippen LogP contribution in [0.15, 0.2) is 71.2 Å². The fraction of sp³-hybridized carbons (Fsp3) is 0.259. The third kappa shape index (κ3) is 2.69. The Balaban J connectivity index is 1.44. The molecule has 1 aliphatic heterocycles. The fourth-order valence-electron chi connectivity index (χ4n) is 5.28. The van der Waals surface area contributed by atoms with Crippen LogP contribution in [0.5, 0.6) is 0 Å². The predicted octanol–water partition coefficient (Wildman–Crippen LogP) is 7.51. The van der Waals surface area contributed by atoms with E-state index in [2.05, 4.69) is 90.4 Å². The Morgan fingerprint density at radius 1 is 1.07 bits per heavy atom. The molecule has 0 radical (unpaired) electrons. The zero-order chi connectivity index (χ0) is 19.4. The minimum atomic E-state index is 0.536. The van der Waals surface area contributed by atoms with Gasteiger partial charge < -0.3 is 4.98 Å². The van der Waals surface area contributed by atoms with Crippen molar-refractivity contribution >= 4 is 34.3 Å². The van der Waals surface area contributed by atoms with Crippen molar-refractivity contribution in [2.24, 2.45) is 0 Å². The summed E-state index contributed by atoms with van der Waals surface area (Å²) in [6, 6.07) is 15.7. The number of thioether (sulfide) groups is 1. The second-order valence-corrected chi connectivity index (χ2v) is 9.55. The van der Waals surface area contributed by atoms with Crippen LogP contribution >= 0.6 is 11.8 Å². The van der Waals surface area contributed by atoms with Crippen molar-refractivity contribution in [1.82, 2.24) is 4.98 Å². The van der Waals surface area contributed by atoms with Gasteiger partial charge in [0.15, 0.2) is 0 Å². The van der Waals surface area contributed by atoms with Gasteiger partial charge in [-0.25, -0.2) is 0 Å². The number of benzene rings is 2. The van der Waals surface area contributed by atoms with Gasteiger partial charge in [0.05, 0.1) is 0 Å². The number of H-pyrrole nitrogens is 1. The summed E-state index contributed by atoms with van der Waals surface area (Å²) in [4.78, 5) is 5.15. The van der Waals surface area contributed by atoms with Crippen LogP contribution in [-0.4, -0.2) is 10.2 Å². The monoisotopic (exact) mass is 395 g/mol. The molecule has 0 saturated heterocycles. The summed E-state index contributed by atoms with van der Waals surface area (Å²) in [5.74, 6) is 0.536. The number of allylic oxidation sites excluding steroid dienone is 4. The highest BCUT2D eigenvalue weighted by molar-refractivity contribution is 8.00. The number of aryl methyl sites for hydroxylation is 1. The third-order valence-electron chi connectivity index (χ3n) is 6.65. The highest BCUT2D eigenvalue weighted by atomic mass is 32.2. The number of rotatable bonds is 3. The molecule has 0 fully saturated rings. The van der Waals surface area contributed by atoms with E-state index in [0.29, 0.717) is 11.2 Å². The molecule has 1 nitrogen and oxygen atoms in total. The maximum Gasteiger partial charge on any atom is 0.0462 e. The molecule has 0 spiro atoms. The Hall–Kier alpha value is -2.45. The van der Waals surface area contributed by atoms with Gasteiger partial charge in [-0.05, 0) is 48.1 Å². The number of hydrogen-bond donors (Lipinski definition) is 1. The molecule has 3 aromatic rings. The average molecular weight is 396 g/mol. The lowest BCUT2D eigenvalue weighted by Gasteiger charge is -2.22. The maximum absolute atomic E-state index is 3.63. The van der Waals surface area contributed by atoms with Gasteiger partial charge in [0.2, 0.25) is 0 Å². The van der Waals surface area contributed by atoms with Gasteiger partial charge in [-0.1, -0.05) is 73.5 Å². The van der Waals surface area contributed by atoms with Gasteiger partial charge in [-0.15, -0.1) is 11.8 Å². The summed E-state index contributed by atoms with van der Waals surface area (Å²) in [7, 11) is 0. The SMILES string of the molecule is CCCC1=CC=CC2c3cccc(C4=Cc5c([nH]c6ccccc56)CC4)c3SC12. The molecule has 144 valence electrons. The number of hydrogen-bond acceptors (Lipinski definition) is 1. The number of aromatic nitrogens is 1. The standard InChI is InChI=1S/C27H25NS/c1-2-7-17-8-5-11-21-22-12-6-10-19(27(22)29-26(17)21)18-14-15-25-23(16-18)20-9-3-4-13-24(20)28-25/h3-6,8-13,16,21,26,28H,2,7,14-15H2,1H3. The molecule has 0 saturated carbocycles. The summed E-state index contributed by atoms with van der Waals surface area (Å²) < 4.78 is 0. The van der Waals surface area contributed by atoms with Crippen molar-refractivity contribution in [2.75, 3.05) is 0 Å². The van der Waals surface area contributed by atoms with E-state index in [1.807, 2.05) is 0 Å². The van der Waals surface area contributed by atoms with Gasteiger partial charge in [0, 0.05) is 38.2 Å². The number of aromatic amines is 1. The van der Waals surface area contributed by atoms with Gasteiger partial charge in [0.1, 0.15) is 0 Å². The molecule has 2 heterocycles. The van der Waals surface area contributed by atoms with Crippen LogP contribution in [0.4, 0.5) is 0 Å². The second-order valence-electron chi connectivity index (χ2n) is 8.40. The molecule has 1 N–H and O–H groups in total. The van der Waals surface area contributed by atoms with E-state index < -0.39 is 0 Å². The predicted molar refractivity (Wildman–Crippen MR) is 125 cm³/mol. The molecule has 0 amide bonds. The summed E-state index contributed by atoms with van der Waals surface area (Å²) in [5, 5.41) is 1.94. The van der Waals surface area contributed by atoms with E-state index in [1.165, 1.54) is 56.6 Å². The van der Waals surface area contributed by atoms with Crippen LogP contribution in [0.1, 0.15) is 54.5 Å². The zero-order valence-corrected chi connectivity index (χ0v) is 17.6. The molecule has 3 aliphatic rings. The van der Waals surface area contributed by atoms with E-state index in [0.717, 1.165) is 12.8 Å². The highest BCUT2D eigenvalue weighted by Crippen LogP contribution is 2.54. The van der Waals surface area contributed by atoms with Crippen LogP contribution < -0.4 is 0 Å². The number of nitrogens with one attached hydrogen (secondary N) is 1. The zero-order valence-electron chi connectivity index (χ0n) is 16.7. The lowest BCUT2D eigenvalue weighted by atomic mass is 9.84. The molecule has 2 heteroatoms. The Morgan fingerprint density at radius 2 is 2.00 bits per heavy atom. The van der Waals surface area contributed by atoms with Crippen molar-refractivity contribution in [3.05, 3.63) is 88.7 Å². The molecular formula is C27H25NS. The van der Waals surface area contributed by atoms with Gasteiger partial charge >= 0.3 is 0 Å². The van der Waals surface area contributed by atoms with Crippen LogP contribution in [0, 0.1) is 0 Å². The molecule has 6 rings (SSSR count). The van der Waals surface area contributed by atoms with Gasteiger partial charge in [-0.2, -0.15) is 0 Å². The van der Waals surface area contributed by atoms with E-state index in [9.17, 15) is 0 Å². The Labute approximate surface area is 176 Å². The smallest absolute Gasteiger partial charge is 0.0462 e. The topological polar surface area (TPSA) is 15.8 Å².